The Morgan fingerprint density at radius 2 is 2.16 bits per heavy atom. The largest absolute Gasteiger partial charge is 0.384 e. The van der Waals surface area contributed by atoms with Crippen molar-refractivity contribution in [3.05, 3.63) is 35.9 Å². The molecule has 0 aliphatic heterocycles. The van der Waals surface area contributed by atoms with Gasteiger partial charge in [0.2, 0.25) is 0 Å². The molecule has 4 heteroatoms. The van der Waals surface area contributed by atoms with Crippen LogP contribution < -0.4 is 11.1 Å². The van der Waals surface area contributed by atoms with Gasteiger partial charge in [0.1, 0.15) is 5.82 Å². The summed E-state index contributed by atoms with van der Waals surface area (Å²) in [6, 6.07) is 9.16. The van der Waals surface area contributed by atoms with E-state index in [1.165, 1.54) is 0 Å². The maximum Gasteiger partial charge on any atom is 0.252 e. The van der Waals surface area contributed by atoms with Crippen LogP contribution in [0.3, 0.4) is 0 Å². The third-order valence-corrected chi connectivity index (χ3v) is 3.29. The predicted octanol–water partition coefficient (Wildman–Crippen LogP) is 2.59. The summed E-state index contributed by atoms with van der Waals surface area (Å²) in [6.45, 7) is 4.89. The van der Waals surface area contributed by atoms with E-state index in [1.54, 1.807) is 6.07 Å². The molecule has 0 spiro atoms. The molecule has 0 aliphatic rings. The highest BCUT2D eigenvalue weighted by molar-refractivity contribution is 6.06. The number of carbonyl (C=O) groups is 1. The molecule has 2 rings (SSSR count). The molecule has 1 aromatic heterocycles. The van der Waals surface area contributed by atoms with Gasteiger partial charge in [0.05, 0.1) is 11.1 Å². The number of pyridine rings is 1. The first kappa shape index (κ1) is 13.3. The first-order chi connectivity index (χ1) is 9.11. The van der Waals surface area contributed by atoms with E-state index in [2.05, 4.69) is 24.1 Å². The summed E-state index contributed by atoms with van der Waals surface area (Å²) in [5.74, 6) is 0.743. The Kier molecular flexibility index (Phi) is 4.00. The van der Waals surface area contributed by atoms with Gasteiger partial charge in [-0.15, -0.1) is 0 Å². The van der Waals surface area contributed by atoms with Gasteiger partial charge in [-0.05, 0) is 18.1 Å². The van der Waals surface area contributed by atoms with Crippen molar-refractivity contribution in [1.29, 1.82) is 0 Å². The molecule has 19 heavy (non-hydrogen) atoms. The molecule has 1 aromatic carbocycles. The fourth-order valence-corrected chi connectivity index (χ4v) is 1.89. The van der Waals surface area contributed by atoms with Crippen molar-refractivity contribution in [1.82, 2.24) is 10.3 Å². The Bertz CT molecular complexity index is 595. The van der Waals surface area contributed by atoms with Gasteiger partial charge in [-0.25, -0.2) is 4.98 Å². The number of nitrogens with two attached hydrogens (primary N) is 1. The number of carbonyl (C=O) groups excluding carboxylic acids is 1. The van der Waals surface area contributed by atoms with E-state index < -0.39 is 0 Å². The Morgan fingerprint density at radius 3 is 2.89 bits per heavy atom. The molecule has 0 saturated carbocycles. The van der Waals surface area contributed by atoms with E-state index in [9.17, 15) is 4.79 Å². The summed E-state index contributed by atoms with van der Waals surface area (Å²) in [6.07, 6.45) is 1.04. The van der Waals surface area contributed by atoms with Crippen molar-refractivity contribution in [3.63, 3.8) is 0 Å². The minimum Gasteiger partial charge on any atom is -0.384 e. The number of hydrogen-bond donors (Lipinski definition) is 2. The fourth-order valence-electron chi connectivity index (χ4n) is 1.89. The maximum absolute atomic E-state index is 12.2. The molecule has 1 atom stereocenters. The summed E-state index contributed by atoms with van der Waals surface area (Å²) >= 11 is 0. The zero-order chi connectivity index (χ0) is 13.8. The Morgan fingerprint density at radius 1 is 1.42 bits per heavy atom. The number of rotatable bonds is 4. The molecular formula is C15H19N3O. The second-order valence-electron chi connectivity index (χ2n) is 4.84. The number of para-hydroxylation sites is 1. The zero-order valence-corrected chi connectivity index (χ0v) is 11.3. The molecule has 0 fully saturated rings. The van der Waals surface area contributed by atoms with Crippen LogP contribution in [-0.4, -0.2) is 17.4 Å². The van der Waals surface area contributed by atoms with Crippen LogP contribution >= 0.6 is 0 Å². The Balaban J connectivity index is 2.31. The Hall–Kier alpha value is -2.10. The summed E-state index contributed by atoms with van der Waals surface area (Å²) in [5.41, 5.74) is 7.09. The number of nitrogens with zero attached hydrogens (tertiary/aromatic N) is 1. The minimum absolute atomic E-state index is 0.0920. The van der Waals surface area contributed by atoms with Gasteiger partial charge in [0.25, 0.3) is 5.91 Å². The van der Waals surface area contributed by atoms with Gasteiger partial charge in [0, 0.05) is 11.9 Å². The van der Waals surface area contributed by atoms with Crippen LogP contribution in [0.1, 0.15) is 30.6 Å². The SMILES string of the molecule is CCC(C)CNC(=O)c1cc(N)nc2ccccc12. The number of hydrogen-bond acceptors (Lipinski definition) is 3. The number of nitrogens with one attached hydrogen (secondary N) is 1. The van der Waals surface area contributed by atoms with Crippen LogP contribution in [-0.2, 0) is 0 Å². The van der Waals surface area contributed by atoms with Gasteiger partial charge in [-0.2, -0.15) is 0 Å². The quantitative estimate of drug-likeness (QED) is 0.884. The number of nitrogen functional groups attached to an aromatic ring is 1. The van der Waals surface area contributed by atoms with E-state index in [0.717, 1.165) is 17.3 Å². The van der Waals surface area contributed by atoms with Crippen LogP contribution in [0.25, 0.3) is 10.9 Å². The summed E-state index contributed by atoms with van der Waals surface area (Å²) in [4.78, 5) is 16.5. The molecule has 1 unspecified atom stereocenters. The first-order valence-corrected chi connectivity index (χ1v) is 6.55. The molecule has 2 aromatic rings. The standard InChI is InChI=1S/C15H19N3O/c1-3-10(2)9-17-15(19)12-8-14(16)18-13-7-5-4-6-11(12)13/h4-8,10H,3,9H2,1-2H3,(H2,16,18)(H,17,19). The molecule has 3 N–H and O–H groups in total. The second-order valence-corrected chi connectivity index (χ2v) is 4.84. The lowest BCUT2D eigenvalue weighted by Gasteiger charge is -2.12. The third kappa shape index (κ3) is 3.02. The van der Waals surface area contributed by atoms with E-state index in [-0.39, 0.29) is 5.91 Å². The molecule has 0 radical (unpaired) electrons. The highest BCUT2D eigenvalue weighted by Gasteiger charge is 2.12. The van der Waals surface area contributed by atoms with Crippen LogP contribution in [0.2, 0.25) is 0 Å². The number of aromatic nitrogens is 1. The van der Waals surface area contributed by atoms with Crippen molar-refractivity contribution < 1.29 is 4.79 Å². The fraction of sp³-hybridized carbons (Fsp3) is 0.333. The molecule has 100 valence electrons. The smallest absolute Gasteiger partial charge is 0.252 e. The van der Waals surface area contributed by atoms with Gasteiger partial charge >= 0.3 is 0 Å². The summed E-state index contributed by atoms with van der Waals surface area (Å²) < 4.78 is 0. The highest BCUT2D eigenvalue weighted by atomic mass is 16.1. The molecular weight excluding hydrogens is 238 g/mol. The van der Waals surface area contributed by atoms with E-state index in [1.807, 2.05) is 24.3 Å². The maximum atomic E-state index is 12.2. The van der Waals surface area contributed by atoms with E-state index in [4.69, 9.17) is 5.73 Å². The number of amides is 1. The van der Waals surface area contributed by atoms with Crippen LogP contribution in [0.5, 0.6) is 0 Å². The number of anilines is 1. The van der Waals surface area contributed by atoms with Gasteiger partial charge in [0.15, 0.2) is 0 Å². The zero-order valence-electron chi connectivity index (χ0n) is 11.3. The van der Waals surface area contributed by atoms with Crippen molar-refractivity contribution >= 4 is 22.6 Å². The summed E-state index contributed by atoms with van der Waals surface area (Å²) in [5, 5.41) is 3.78. The normalized spacial score (nSPS) is 12.3. The molecule has 1 amide bonds. The van der Waals surface area contributed by atoms with Gasteiger partial charge in [-0.3, -0.25) is 4.79 Å². The van der Waals surface area contributed by atoms with Crippen LogP contribution in [0, 0.1) is 5.92 Å². The van der Waals surface area contributed by atoms with Gasteiger partial charge < -0.3 is 11.1 Å². The molecule has 0 aliphatic carbocycles. The second kappa shape index (κ2) is 5.69. The Labute approximate surface area is 113 Å². The van der Waals surface area contributed by atoms with E-state index in [0.29, 0.717) is 23.8 Å². The van der Waals surface area contributed by atoms with Crippen molar-refractivity contribution in [2.75, 3.05) is 12.3 Å². The molecule has 1 heterocycles. The van der Waals surface area contributed by atoms with Crippen LogP contribution in [0.15, 0.2) is 30.3 Å². The molecule has 0 bridgehead atoms. The molecule has 0 saturated heterocycles. The lowest BCUT2D eigenvalue weighted by Crippen LogP contribution is -2.28. The average Bonchev–Trinajstić information content (AvgIpc) is 2.43. The average molecular weight is 257 g/mol. The summed E-state index contributed by atoms with van der Waals surface area (Å²) in [7, 11) is 0. The lowest BCUT2D eigenvalue weighted by molar-refractivity contribution is 0.0949. The van der Waals surface area contributed by atoms with Crippen molar-refractivity contribution in [3.8, 4) is 0 Å². The third-order valence-electron chi connectivity index (χ3n) is 3.29. The van der Waals surface area contributed by atoms with Crippen molar-refractivity contribution in [2.45, 2.75) is 20.3 Å². The van der Waals surface area contributed by atoms with Gasteiger partial charge in [-0.1, -0.05) is 38.5 Å². The lowest BCUT2D eigenvalue weighted by atomic mass is 10.1. The van der Waals surface area contributed by atoms with Crippen molar-refractivity contribution in [2.24, 2.45) is 5.92 Å². The minimum atomic E-state index is -0.0920. The topological polar surface area (TPSA) is 68.0 Å². The number of fused-ring (bicyclic) bond motifs is 1. The van der Waals surface area contributed by atoms with E-state index >= 15 is 0 Å². The first-order valence-electron chi connectivity index (χ1n) is 6.55. The molecule has 4 nitrogen and oxygen atoms in total. The monoisotopic (exact) mass is 257 g/mol. The highest BCUT2D eigenvalue weighted by Crippen LogP contribution is 2.19. The predicted molar refractivity (Wildman–Crippen MR) is 77.9 cm³/mol. The number of benzene rings is 1. The van der Waals surface area contributed by atoms with Crippen LogP contribution in [0.4, 0.5) is 5.82 Å².